The molecule has 2 saturated heterocycles. The molecule has 190 valence electrons. The number of likely N-dealkylation sites (tertiary alicyclic amines) is 1. The zero-order valence-electron chi connectivity index (χ0n) is 20.0. The Labute approximate surface area is 205 Å². The van der Waals surface area contributed by atoms with E-state index in [1.807, 2.05) is 6.07 Å². The summed E-state index contributed by atoms with van der Waals surface area (Å²) in [5, 5.41) is 7.72. The van der Waals surface area contributed by atoms with Gasteiger partial charge in [0.25, 0.3) is 6.43 Å². The zero-order chi connectivity index (χ0) is 25.0. The number of hydrogen-bond donors (Lipinski definition) is 1. The van der Waals surface area contributed by atoms with Crippen LogP contribution >= 0.6 is 0 Å². The molecule has 2 fully saturated rings. The molecule has 0 spiro atoms. The number of piperidine rings is 1. The van der Waals surface area contributed by atoms with Crippen molar-refractivity contribution in [3.8, 4) is 11.3 Å². The predicted molar refractivity (Wildman–Crippen MR) is 128 cm³/mol. The van der Waals surface area contributed by atoms with Crippen LogP contribution in [-0.4, -0.2) is 84.5 Å². The molecule has 2 unspecified atom stereocenters. The van der Waals surface area contributed by atoms with Gasteiger partial charge in [0, 0.05) is 24.8 Å². The van der Waals surface area contributed by atoms with E-state index in [0.717, 1.165) is 12.1 Å². The Kier molecular flexibility index (Phi) is 5.60. The number of anilines is 1. The largest absolute Gasteiger partial charge is 0.378 e. The summed E-state index contributed by atoms with van der Waals surface area (Å²) in [4.78, 5) is 15.6. The van der Waals surface area contributed by atoms with Gasteiger partial charge in [0.1, 0.15) is 17.0 Å². The maximum atomic E-state index is 15.5. The summed E-state index contributed by atoms with van der Waals surface area (Å²) >= 11 is 0. The standard InChI is InChI=1S/C24H27F3N8O/c1-14-29-18-4-3-17(30-22(18)34(14)10-21(25)26)16-5-8-35-19(16)9-28-23(32-35)31-20-6-7-33(13-24(20,2)27)15-11-36-12-15/h3-5,8-9,15,20-21H,6-7,10-13H2,1-2H3,(H,31,32). The van der Waals surface area contributed by atoms with Crippen LogP contribution in [0.3, 0.4) is 0 Å². The Morgan fingerprint density at radius 3 is 2.78 bits per heavy atom. The Morgan fingerprint density at radius 1 is 1.22 bits per heavy atom. The van der Waals surface area contributed by atoms with E-state index in [1.165, 1.54) is 4.57 Å². The van der Waals surface area contributed by atoms with Gasteiger partial charge in [-0.15, -0.1) is 5.10 Å². The van der Waals surface area contributed by atoms with E-state index in [0.29, 0.717) is 66.4 Å². The zero-order valence-corrected chi connectivity index (χ0v) is 20.0. The Bertz CT molecular complexity index is 1410. The van der Waals surface area contributed by atoms with E-state index in [1.54, 1.807) is 42.9 Å². The van der Waals surface area contributed by atoms with E-state index >= 15 is 4.39 Å². The minimum absolute atomic E-state index is 0.303. The van der Waals surface area contributed by atoms with Crippen molar-refractivity contribution in [2.45, 2.75) is 51.0 Å². The summed E-state index contributed by atoms with van der Waals surface area (Å²) in [5.41, 5.74) is 1.60. The molecule has 1 N–H and O–H groups in total. The molecular formula is C24H27F3N8O. The molecule has 0 aliphatic carbocycles. The van der Waals surface area contributed by atoms with Crippen molar-refractivity contribution in [2.24, 2.45) is 0 Å². The first-order chi connectivity index (χ1) is 17.3. The number of nitrogens with zero attached hydrogens (tertiary/aromatic N) is 7. The van der Waals surface area contributed by atoms with Crippen LogP contribution in [0.4, 0.5) is 19.1 Å². The van der Waals surface area contributed by atoms with Crippen molar-refractivity contribution >= 4 is 22.6 Å². The van der Waals surface area contributed by atoms with E-state index in [2.05, 4.69) is 30.3 Å². The molecule has 2 aliphatic rings. The number of imidazole rings is 1. The summed E-state index contributed by atoms with van der Waals surface area (Å²) in [7, 11) is 0. The second-order valence-corrected chi connectivity index (χ2v) is 9.77. The second kappa shape index (κ2) is 8.70. The SMILES string of the molecule is Cc1nc2ccc(-c3ccn4nc(NC5CCN(C6COC6)CC5(C)F)ncc34)nc2n1CC(F)F. The molecule has 9 nitrogen and oxygen atoms in total. The smallest absolute Gasteiger partial charge is 0.256 e. The maximum Gasteiger partial charge on any atom is 0.256 e. The number of fused-ring (bicyclic) bond motifs is 2. The molecule has 6 heterocycles. The number of aryl methyl sites for hydroxylation is 1. The molecule has 2 aliphatic heterocycles. The third-order valence-electron chi connectivity index (χ3n) is 7.18. The van der Waals surface area contributed by atoms with Crippen LogP contribution in [0.15, 0.2) is 30.6 Å². The van der Waals surface area contributed by atoms with Crippen molar-refractivity contribution in [3.63, 3.8) is 0 Å². The van der Waals surface area contributed by atoms with Gasteiger partial charge >= 0.3 is 0 Å². The van der Waals surface area contributed by atoms with Crippen LogP contribution in [0.2, 0.25) is 0 Å². The van der Waals surface area contributed by atoms with Crippen LogP contribution in [0.25, 0.3) is 27.9 Å². The molecule has 0 bridgehead atoms. The molecule has 2 atom stereocenters. The van der Waals surface area contributed by atoms with Crippen LogP contribution < -0.4 is 5.32 Å². The number of halogens is 3. The minimum Gasteiger partial charge on any atom is -0.378 e. The summed E-state index contributed by atoms with van der Waals surface area (Å²) in [6, 6.07) is 5.32. The average molecular weight is 501 g/mol. The Morgan fingerprint density at radius 2 is 2.06 bits per heavy atom. The average Bonchev–Trinajstić information content (AvgIpc) is 3.34. The fourth-order valence-corrected chi connectivity index (χ4v) is 5.11. The van der Waals surface area contributed by atoms with Gasteiger partial charge < -0.3 is 14.6 Å². The number of ether oxygens (including phenoxy) is 1. The first kappa shape index (κ1) is 23.2. The highest BCUT2D eigenvalue weighted by atomic mass is 19.3. The quantitative estimate of drug-likeness (QED) is 0.435. The molecule has 36 heavy (non-hydrogen) atoms. The molecular weight excluding hydrogens is 473 g/mol. The van der Waals surface area contributed by atoms with Crippen LogP contribution in [0.1, 0.15) is 19.2 Å². The summed E-state index contributed by atoms with van der Waals surface area (Å²) in [5.74, 6) is 0.829. The fraction of sp³-hybridized carbons (Fsp3) is 0.500. The molecule has 4 aromatic heterocycles. The monoisotopic (exact) mass is 500 g/mol. The van der Waals surface area contributed by atoms with Crippen molar-refractivity contribution < 1.29 is 17.9 Å². The lowest BCUT2D eigenvalue weighted by Gasteiger charge is -2.46. The number of rotatable bonds is 6. The molecule has 0 amide bonds. The molecule has 0 aromatic carbocycles. The van der Waals surface area contributed by atoms with Gasteiger partial charge in [-0.1, -0.05) is 0 Å². The third-order valence-corrected chi connectivity index (χ3v) is 7.18. The van der Waals surface area contributed by atoms with Crippen LogP contribution in [0, 0.1) is 6.92 Å². The topological polar surface area (TPSA) is 85.4 Å². The number of alkyl halides is 3. The number of hydrogen-bond acceptors (Lipinski definition) is 7. The van der Waals surface area contributed by atoms with Gasteiger partial charge in [-0.2, -0.15) is 0 Å². The lowest BCUT2D eigenvalue weighted by atomic mass is 9.89. The fourth-order valence-electron chi connectivity index (χ4n) is 5.11. The van der Waals surface area contributed by atoms with Crippen molar-refractivity contribution in [1.82, 2.24) is 34.0 Å². The lowest BCUT2D eigenvalue weighted by molar-refractivity contribution is -0.0924. The van der Waals surface area contributed by atoms with Gasteiger partial charge in [-0.3, -0.25) is 4.90 Å². The third kappa shape index (κ3) is 4.07. The summed E-state index contributed by atoms with van der Waals surface area (Å²) < 4.78 is 50.0. The van der Waals surface area contributed by atoms with E-state index in [-0.39, 0.29) is 0 Å². The minimum atomic E-state index is -2.51. The molecule has 4 aromatic rings. The Hall–Kier alpha value is -3.25. The molecule has 0 radical (unpaired) electrons. The number of nitrogens with one attached hydrogen (secondary N) is 1. The van der Waals surface area contributed by atoms with Gasteiger partial charge in [0.15, 0.2) is 5.65 Å². The normalized spacial score (nSPS) is 23.6. The predicted octanol–water partition coefficient (Wildman–Crippen LogP) is 3.33. The lowest BCUT2D eigenvalue weighted by Crippen LogP contribution is -2.61. The highest BCUT2D eigenvalue weighted by molar-refractivity contribution is 5.82. The first-order valence-electron chi connectivity index (χ1n) is 12.0. The molecule has 0 saturated carbocycles. The second-order valence-electron chi connectivity index (χ2n) is 9.77. The number of aromatic nitrogens is 6. The van der Waals surface area contributed by atoms with Crippen LogP contribution in [0.5, 0.6) is 0 Å². The van der Waals surface area contributed by atoms with Crippen LogP contribution in [-0.2, 0) is 11.3 Å². The molecule has 12 heteroatoms. The van der Waals surface area contributed by atoms with Gasteiger partial charge in [-0.05, 0) is 38.5 Å². The highest BCUT2D eigenvalue weighted by Crippen LogP contribution is 2.31. The number of pyridine rings is 1. The maximum absolute atomic E-state index is 15.5. The molecule has 6 rings (SSSR count). The van der Waals surface area contributed by atoms with Crippen molar-refractivity contribution in [3.05, 3.63) is 36.4 Å². The highest BCUT2D eigenvalue weighted by Gasteiger charge is 2.43. The first-order valence-corrected chi connectivity index (χ1v) is 12.0. The van der Waals surface area contributed by atoms with Gasteiger partial charge in [0.2, 0.25) is 5.95 Å². The van der Waals surface area contributed by atoms with E-state index in [9.17, 15) is 8.78 Å². The van der Waals surface area contributed by atoms with E-state index < -0.39 is 24.7 Å². The summed E-state index contributed by atoms with van der Waals surface area (Å²) in [6.45, 7) is 5.30. The van der Waals surface area contributed by atoms with Crippen molar-refractivity contribution in [2.75, 3.05) is 31.6 Å². The Balaban J connectivity index is 1.25. The van der Waals surface area contributed by atoms with Crippen molar-refractivity contribution in [1.29, 1.82) is 0 Å². The summed E-state index contributed by atoms with van der Waals surface area (Å²) in [6.07, 6.45) is 1.57. The van der Waals surface area contributed by atoms with Gasteiger partial charge in [0.05, 0.1) is 49.2 Å². The van der Waals surface area contributed by atoms with E-state index in [4.69, 9.17) is 4.74 Å². The van der Waals surface area contributed by atoms with Gasteiger partial charge in [-0.25, -0.2) is 32.6 Å².